The largest absolute Gasteiger partial charge is 0.497 e. The summed E-state index contributed by atoms with van der Waals surface area (Å²) in [6.07, 6.45) is 0. The zero-order valence-electron chi connectivity index (χ0n) is 12.8. The molecule has 0 fully saturated rings. The predicted molar refractivity (Wildman–Crippen MR) is 92.8 cm³/mol. The number of anilines is 1. The summed E-state index contributed by atoms with van der Waals surface area (Å²) < 4.78 is 38.5. The molecule has 3 rings (SSSR count). The first kappa shape index (κ1) is 16.3. The molecule has 1 aromatic heterocycles. The second-order valence-electron chi connectivity index (χ2n) is 4.88. The van der Waals surface area contributed by atoms with Crippen LogP contribution >= 0.6 is 11.3 Å². The number of thiazole rings is 1. The fraction of sp³-hybridized carbons (Fsp3) is 0.133. The van der Waals surface area contributed by atoms with Crippen molar-refractivity contribution in [1.29, 1.82) is 0 Å². The van der Waals surface area contributed by atoms with E-state index in [2.05, 4.69) is 9.71 Å². The molecule has 0 saturated carbocycles. The molecule has 0 unspecified atom stereocenters. The van der Waals surface area contributed by atoms with Gasteiger partial charge in [0.25, 0.3) is 10.0 Å². The summed E-state index contributed by atoms with van der Waals surface area (Å²) in [6.45, 7) is 0. The number of aromatic nitrogens is 1. The van der Waals surface area contributed by atoms with Gasteiger partial charge in [-0.3, -0.25) is 9.52 Å². The first-order chi connectivity index (χ1) is 11.4. The molecule has 2 aromatic carbocycles. The Kier molecular flexibility index (Phi) is 4.20. The van der Waals surface area contributed by atoms with Crippen molar-refractivity contribution in [3.8, 4) is 11.5 Å². The Bertz CT molecular complexity index is 1030. The molecule has 126 valence electrons. The van der Waals surface area contributed by atoms with Crippen molar-refractivity contribution in [1.82, 2.24) is 4.98 Å². The van der Waals surface area contributed by atoms with Crippen molar-refractivity contribution >= 4 is 37.3 Å². The smallest absolute Gasteiger partial charge is 0.305 e. The second kappa shape index (κ2) is 6.17. The van der Waals surface area contributed by atoms with Gasteiger partial charge in [-0.05, 0) is 18.2 Å². The van der Waals surface area contributed by atoms with Crippen LogP contribution in [0.2, 0.25) is 0 Å². The monoisotopic (exact) mass is 366 g/mol. The van der Waals surface area contributed by atoms with E-state index in [-0.39, 0.29) is 9.77 Å². The molecule has 9 heteroatoms. The van der Waals surface area contributed by atoms with E-state index in [9.17, 15) is 13.2 Å². The number of nitrogens with one attached hydrogen (secondary N) is 2. The van der Waals surface area contributed by atoms with Crippen LogP contribution < -0.4 is 19.1 Å². The number of hydrogen-bond donors (Lipinski definition) is 2. The molecule has 24 heavy (non-hydrogen) atoms. The molecule has 3 aromatic rings. The zero-order chi connectivity index (χ0) is 17.3. The normalized spacial score (nSPS) is 11.4. The van der Waals surface area contributed by atoms with Gasteiger partial charge in [0.15, 0.2) is 0 Å². The van der Waals surface area contributed by atoms with E-state index in [0.29, 0.717) is 27.4 Å². The maximum Gasteiger partial charge on any atom is 0.305 e. The molecule has 0 aliphatic rings. The van der Waals surface area contributed by atoms with Crippen molar-refractivity contribution in [3.63, 3.8) is 0 Å². The Balaban J connectivity index is 1.99. The fourth-order valence-corrected chi connectivity index (χ4v) is 4.09. The molecule has 0 saturated heterocycles. The minimum Gasteiger partial charge on any atom is -0.497 e. The van der Waals surface area contributed by atoms with E-state index < -0.39 is 10.0 Å². The summed E-state index contributed by atoms with van der Waals surface area (Å²) in [5.41, 5.74) is 0.917. The highest BCUT2D eigenvalue weighted by atomic mass is 32.2. The molecule has 0 bridgehead atoms. The highest BCUT2D eigenvalue weighted by Crippen LogP contribution is 2.28. The average Bonchev–Trinajstić information content (AvgIpc) is 2.93. The lowest BCUT2D eigenvalue weighted by molar-refractivity contribution is 0.395. The Labute approximate surface area is 141 Å². The van der Waals surface area contributed by atoms with Crippen LogP contribution in [0.15, 0.2) is 46.1 Å². The lowest BCUT2D eigenvalue weighted by Crippen LogP contribution is -2.13. The number of rotatable bonds is 5. The van der Waals surface area contributed by atoms with E-state index in [1.54, 1.807) is 24.3 Å². The van der Waals surface area contributed by atoms with Gasteiger partial charge in [-0.15, -0.1) is 0 Å². The third-order valence-electron chi connectivity index (χ3n) is 3.31. The van der Waals surface area contributed by atoms with Crippen LogP contribution in [-0.4, -0.2) is 27.6 Å². The quantitative estimate of drug-likeness (QED) is 0.723. The number of hydrogen-bond acceptors (Lipinski definition) is 6. The Hall–Kier alpha value is -2.52. The highest BCUT2D eigenvalue weighted by Gasteiger charge is 2.16. The Morgan fingerprint density at radius 1 is 1.04 bits per heavy atom. The highest BCUT2D eigenvalue weighted by molar-refractivity contribution is 7.92. The molecule has 0 amide bonds. The number of fused-ring (bicyclic) bond motifs is 1. The molecule has 0 spiro atoms. The molecule has 1 heterocycles. The molecular formula is C15H14N2O5S2. The van der Waals surface area contributed by atoms with Crippen molar-refractivity contribution in [2.24, 2.45) is 0 Å². The van der Waals surface area contributed by atoms with Gasteiger partial charge in [0, 0.05) is 18.2 Å². The molecule has 2 N–H and O–H groups in total. The summed E-state index contributed by atoms with van der Waals surface area (Å²) in [7, 11) is -0.854. The van der Waals surface area contributed by atoms with Crippen molar-refractivity contribution in [2.45, 2.75) is 4.90 Å². The van der Waals surface area contributed by atoms with Crippen LogP contribution in [0.4, 0.5) is 5.69 Å². The van der Waals surface area contributed by atoms with Gasteiger partial charge in [-0.2, -0.15) is 0 Å². The maximum atomic E-state index is 12.6. The van der Waals surface area contributed by atoms with Crippen LogP contribution in [0.3, 0.4) is 0 Å². The molecule has 0 radical (unpaired) electrons. The summed E-state index contributed by atoms with van der Waals surface area (Å²) in [4.78, 5) is 13.8. The van der Waals surface area contributed by atoms with Gasteiger partial charge in [0.2, 0.25) is 0 Å². The second-order valence-corrected chi connectivity index (χ2v) is 7.58. The van der Waals surface area contributed by atoms with Crippen molar-refractivity contribution < 1.29 is 17.9 Å². The van der Waals surface area contributed by atoms with Crippen LogP contribution in [0.1, 0.15) is 0 Å². The van der Waals surface area contributed by atoms with Gasteiger partial charge >= 0.3 is 4.87 Å². The predicted octanol–water partition coefficient (Wildman–Crippen LogP) is 2.41. The molecule has 0 aliphatic heterocycles. The van der Waals surface area contributed by atoms with Crippen LogP contribution in [0.25, 0.3) is 10.2 Å². The minimum absolute atomic E-state index is 0.0621. The maximum absolute atomic E-state index is 12.6. The number of benzene rings is 2. The van der Waals surface area contributed by atoms with Crippen LogP contribution in [-0.2, 0) is 10.0 Å². The SMILES string of the molecule is COc1cc(NS(=O)(=O)c2ccc3[nH]c(=O)sc3c2)cc(OC)c1. The first-order valence-electron chi connectivity index (χ1n) is 6.80. The summed E-state index contributed by atoms with van der Waals surface area (Å²) in [6, 6.07) is 9.19. The minimum atomic E-state index is -3.82. The van der Waals surface area contributed by atoms with Gasteiger partial charge in [0.1, 0.15) is 11.5 Å². The van der Waals surface area contributed by atoms with Gasteiger partial charge in [-0.25, -0.2) is 8.42 Å². The third kappa shape index (κ3) is 3.22. The number of H-pyrrole nitrogens is 1. The van der Waals surface area contributed by atoms with E-state index >= 15 is 0 Å². The third-order valence-corrected chi connectivity index (χ3v) is 5.53. The Morgan fingerprint density at radius 3 is 2.33 bits per heavy atom. The number of sulfonamides is 1. The average molecular weight is 366 g/mol. The van der Waals surface area contributed by atoms with E-state index in [4.69, 9.17) is 9.47 Å². The van der Waals surface area contributed by atoms with E-state index in [0.717, 1.165) is 11.3 Å². The van der Waals surface area contributed by atoms with Gasteiger partial charge in [0.05, 0.1) is 35.0 Å². The van der Waals surface area contributed by atoms with E-state index in [1.165, 1.54) is 26.4 Å². The summed E-state index contributed by atoms with van der Waals surface area (Å²) in [5, 5.41) is 0. The Morgan fingerprint density at radius 2 is 1.71 bits per heavy atom. The summed E-state index contributed by atoms with van der Waals surface area (Å²) >= 11 is 0.958. The molecule has 0 atom stereocenters. The van der Waals surface area contributed by atoms with Gasteiger partial charge in [-0.1, -0.05) is 11.3 Å². The first-order valence-corrected chi connectivity index (χ1v) is 9.10. The topological polar surface area (TPSA) is 97.5 Å². The standard InChI is InChI=1S/C15H14N2O5S2/c1-21-10-5-9(6-11(7-10)22-2)17-24(19,20)12-3-4-13-14(8-12)23-15(18)16-13/h3-8,17H,1-2H3,(H,16,18). The van der Waals surface area contributed by atoms with E-state index in [1.807, 2.05) is 0 Å². The van der Waals surface area contributed by atoms with Gasteiger partial charge < -0.3 is 14.5 Å². The molecular weight excluding hydrogens is 352 g/mol. The zero-order valence-corrected chi connectivity index (χ0v) is 14.5. The lowest BCUT2D eigenvalue weighted by Gasteiger charge is -2.11. The van der Waals surface area contributed by atoms with Crippen LogP contribution in [0.5, 0.6) is 11.5 Å². The number of methoxy groups -OCH3 is 2. The van der Waals surface area contributed by atoms with Crippen molar-refractivity contribution in [3.05, 3.63) is 46.1 Å². The summed E-state index contributed by atoms with van der Waals surface area (Å²) in [5.74, 6) is 0.928. The number of aromatic amines is 1. The lowest BCUT2D eigenvalue weighted by atomic mass is 10.3. The molecule has 7 nitrogen and oxygen atoms in total. The fourth-order valence-electron chi connectivity index (χ4n) is 2.17. The van der Waals surface area contributed by atoms with Crippen LogP contribution in [0, 0.1) is 0 Å². The van der Waals surface area contributed by atoms with Crippen molar-refractivity contribution in [2.75, 3.05) is 18.9 Å². The molecule has 0 aliphatic carbocycles. The number of ether oxygens (including phenoxy) is 2.